The number of nitrogens with zero attached hydrogens (tertiary/aromatic N) is 2. The van der Waals surface area contributed by atoms with E-state index in [1.165, 1.54) is 0 Å². The quantitative estimate of drug-likeness (QED) is 0.747. The summed E-state index contributed by atoms with van der Waals surface area (Å²) >= 11 is 1.73. The van der Waals surface area contributed by atoms with Crippen LogP contribution in [0.2, 0.25) is 0 Å². The van der Waals surface area contributed by atoms with E-state index in [1.807, 2.05) is 24.4 Å². The van der Waals surface area contributed by atoms with Crippen LogP contribution in [-0.4, -0.2) is 45.3 Å². The summed E-state index contributed by atoms with van der Waals surface area (Å²) in [5.41, 5.74) is 1.41. The van der Waals surface area contributed by atoms with Crippen molar-refractivity contribution in [1.29, 1.82) is 0 Å². The fourth-order valence-corrected chi connectivity index (χ4v) is 2.49. The fourth-order valence-electron chi connectivity index (χ4n) is 1.71. The van der Waals surface area contributed by atoms with Gasteiger partial charge in [0, 0.05) is 25.1 Å². The maximum atomic E-state index is 12.0. The number of hydrogen-bond donors (Lipinski definition) is 2. The highest BCUT2D eigenvalue weighted by molar-refractivity contribution is 7.99. The summed E-state index contributed by atoms with van der Waals surface area (Å²) < 4.78 is 1.69. The first-order valence-electron chi connectivity index (χ1n) is 6.22. The molecule has 0 atom stereocenters. The summed E-state index contributed by atoms with van der Waals surface area (Å²) in [5.74, 6) is 1.68. The minimum absolute atomic E-state index is 0.0936. The molecule has 0 radical (unpaired) electrons. The molecule has 0 unspecified atom stereocenters. The third-order valence-electron chi connectivity index (χ3n) is 2.65. The number of carbonyl (C=O) groups is 1. The molecule has 2 aromatic heterocycles. The highest BCUT2D eigenvalue weighted by atomic mass is 32.2. The van der Waals surface area contributed by atoms with Crippen LogP contribution in [0.5, 0.6) is 0 Å². The number of aliphatic hydroxyl groups is 1. The molecule has 0 spiro atoms. The number of carbonyl (C=O) groups excluding carboxylic acids is 1. The van der Waals surface area contributed by atoms with Gasteiger partial charge in [-0.2, -0.15) is 16.9 Å². The monoisotopic (exact) mass is 279 g/mol. The van der Waals surface area contributed by atoms with Gasteiger partial charge in [0.05, 0.1) is 17.3 Å². The Balaban J connectivity index is 1.83. The molecule has 19 heavy (non-hydrogen) atoms. The van der Waals surface area contributed by atoms with E-state index >= 15 is 0 Å². The zero-order valence-electron chi connectivity index (χ0n) is 10.6. The third-order valence-corrected chi connectivity index (χ3v) is 3.72. The Hall–Kier alpha value is -1.53. The van der Waals surface area contributed by atoms with Gasteiger partial charge in [0.1, 0.15) is 0 Å². The maximum absolute atomic E-state index is 12.0. The molecule has 0 saturated carbocycles. The van der Waals surface area contributed by atoms with Crippen molar-refractivity contribution in [2.45, 2.75) is 6.42 Å². The zero-order chi connectivity index (χ0) is 13.5. The number of pyridine rings is 1. The van der Waals surface area contributed by atoms with Crippen LogP contribution in [0.3, 0.4) is 0 Å². The van der Waals surface area contributed by atoms with Gasteiger partial charge in [-0.25, -0.2) is 4.52 Å². The Morgan fingerprint density at radius 1 is 1.42 bits per heavy atom. The van der Waals surface area contributed by atoms with Crippen LogP contribution in [0.4, 0.5) is 0 Å². The molecule has 0 aliphatic carbocycles. The first-order valence-corrected chi connectivity index (χ1v) is 7.37. The van der Waals surface area contributed by atoms with Gasteiger partial charge >= 0.3 is 0 Å². The lowest BCUT2D eigenvalue weighted by Crippen LogP contribution is -2.25. The average molecular weight is 279 g/mol. The molecule has 102 valence electrons. The van der Waals surface area contributed by atoms with Crippen molar-refractivity contribution in [3.05, 3.63) is 36.2 Å². The fraction of sp³-hybridized carbons (Fsp3) is 0.385. The topological polar surface area (TPSA) is 66.6 Å². The van der Waals surface area contributed by atoms with Crippen LogP contribution in [-0.2, 0) is 0 Å². The molecule has 0 aliphatic heterocycles. The molecule has 2 heterocycles. The molecule has 0 aliphatic rings. The SMILES string of the molecule is O=C(NCCSCCCO)c1cnn2ccccc12. The van der Waals surface area contributed by atoms with Gasteiger partial charge in [-0.05, 0) is 24.3 Å². The van der Waals surface area contributed by atoms with Gasteiger partial charge in [0.25, 0.3) is 5.91 Å². The molecular formula is C13H17N3O2S. The Bertz CT molecular complexity index is 541. The molecule has 2 N–H and O–H groups in total. The average Bonchev–Trinajstić information content (AvgIpc) is 2.86. The first kappa shape index (κ1) is 13.9. The zero-order valence-corrected chi connectivity index (χ0v) is 11.4. The van der Waals surface area contributed by atoms with Crippen molar-refractivity contribution < 1.29 is 9.90 Å². The Morgan fingerprint density at radius 3 is 3.16 bits per heavy atom. The highest BCUT2D eigenvalue weighted by Gasteiger charge is 2.11. The van der Waals surface area contributed by atoms with E-state index in [9.17, 15) is 4.79 Å². The van der Waals surface area contributed by atoms with Crippen LogP contribution in [0.25, 0.3) is 5.52 Å². The van der Waals surface area contributed by atoms with Crippen molar-refractivity contribution in [3.8, 4) is 0 Å². The largest absolute Gasteiger partial charge is 0.396 e. The van der Waals surface area contributed by atoms with Gasteiger partial charge in [0.15, 0.2) is 0 Å². The van der Waals surface area contributed by atoms with Crippen molar-refractivity contribution in [2.75, 3.05) is 24.7 Å². The normalized spacial score (nSPS) is 10.8. The van der Waals surface area contributed by atoms with Crippen molar-refractivity contribution in [1.82, 2.24) is 14.9 Å². The molecule has 0 bridgehead atoms. The van der Waals surface area contributed by atoms with E-state index in [2.05, 4.69) is 10.4 Å². The smallest absolute Gasteiger partial charge is 0.255 e. The summed E-state index contributed by atoms with van der Waals surface area (Å²) in [5, 5.41) is 15.7. The summed E-state index contributed by atoms with van der Waals surface area (Å²) in [4.78, 5) is 12.0. The minimum atomic E-state index is -0.0936. The third kappa shape index (κ3) is 3.71. The lowest BCUT2D eigenvalue weighted by Gasteiger charge is -2.03. The van der Waals surface area contributed by atoms with E-state index in [1.54, 1.807) is 22.5 Å². The number of hydrogen-bond acceptors (Lipinski definition) is 4. The Labute approximate surface area is 116 Å². The molecule has 2 aromatic rings. The summed E-state index contributed by atoms with van der Waals surface area (Å²) in [6.45, 7) is 0.848. The second kappa shape index (κ2) is 7.16. The lowest BCUT2D eigenvalue weighted by molar-refractivity contribution is 0.0958. The summed E-state index contributed by atoms with van der Waals surface area (Å²) in [7, 11) is 0. The number of aromatic nitrogens is 2. The number of fused-ring (bicyclic) bond motifs is 1. The van der Waals surface area contributed by atoms with Crippen molar-refractivity contribution in [3.63, 3.8) is 0 Å². The van der Waals surface area contributed by atoms with Crippen molar-refractivity contribution >= 4 is 23.2 Å². The van der Waals surface area contributed by atoms with Crippen LogP contribution in [0, 0.1) is 0 Å². The lowest BCUT2D eigenvalue weighted by atomic mass is 10.2. The Kier molecular flexibility index (Phi) is 5.23. The molecule has 0 aromatic carbocycles. The van der Waals surface area contributed by atoms with Gasteiger partial charge in [-0.3, -0.25) is 4.79 Å². The molecule has 0 fully saturated rings. The van der Waals surface area contributed by atoms with E-state index < -0.39 is 0 Å². The predicted molar refractivity (Wildman–Crippen MR) is 76.6 cm³/mol. The van der Waals surface area contributed by atoms with Gasteiger partial charge in [-0.15, -0.1) is 0 Å². The van der Waals surface area contributed by atoms with E-state index in [0.29, 0.717) is 12.1 Å². The molecule has 5 nitrogen and oxygen atoms in total. The summed E-state index contributed by atoms with van der Waals surface area (Å²) in [6.07, 6.45) is 4.20. The Morgan fingerprint density at radius 2 is 2.32 bits per heavy atom. The number of aliphatic hydroxyl groups excluding tert-OH is 1. The van der Waals surface area contributed by atoms with Gasteiger partial charge in [0.2, 0.25) is 0 Å². The molecule has 2 rings (SSSR count). The highest BCUT2D eigenvalue weighted by Crippen LogP contribution is 2.09. The van der Waals surface area contributed by atoms with Crippen molar-refractivity contribution in [2.24, 2.45) is 0 Å². The van der Waals surface area contributed by atoms with Gasteiger partial charge in [-0.1, -0.05) is 6.07 Å². The standard InChI is InChI=1S/C13H17N3O2S/c17-7-3-8-19-9-5-14-13(18)11-10-15-16-6-2-1-4-12(11)16/h1-2,4,6,10,17H,3,5,7-9H2,(H,14,18). The molecule has 1 amide bonds. The van der Waals surface area contributed by atoms with Crippen LogP contribution in [0.15, 0.2) is 30.6 Å². The van der Waals surface area contributed by atoms with E-state index in [-0.39, 0.29) is 12.5 Å². The van der Waals surface area contributed by atoms with Crippen LogP contribution >= 0.6 is 11.8 Å². The summed E-state index contributed by atoms with van der Waals surface area (Å²) in [6, 6.07) is 5.63. The number of thioether (sulfide) groups is 1. The van der Waals surface area contributed by atoms with Crippen LogP contribution in [0.1, 0.15) is 16.8 Å². The first-order chi connectivity index (χ1) is 9.33. The van der Waals surface area contributed by atoms with E-state index in [4.69, 9.17) is 5.11 Å². The van der Waals surface area contributed by atoms with Gasteiger partial charge < -0.3 is 10.4 Å². The minimum Gasteiger partial charge on any atom is -0.396 e. The molecule has 0 saturated heterocycles. The predicted octanol–water partition coefficient (Wildman–Crippen LogP) is 1.18. The van der Waals surface area contributed by atoms with E-state index in [0.717, 1.165) is 23.4 Å². The second-order valence-corrected chi connectivity index (χ2v) is 5.26. The second-order valence-electron chi connectivity index (χ2n) is 4.03. The van der Waals surface area contributed by atoms with Crippen LogP contribution < -0.4 is 5.32 Å². The number of rotatable bonds is 7. The maximum Gasteiger partial charge on any atom is 0.255 e. The molecular weight excluding hydrogens is 262 g/mol. The number of amides is 1. The molecule has 6 heteroatoms. The number of nitrogens with one attached hydrogen (secondary N) is 1.